The number of rotatable bonds is 15. The number of ether oxygens (including phenoxy) is 5. The maximum atomic E-state index is 12.4. The number of aliphatic imine (C=N–C) groups is 1. The van der Waals surface area contributed by atoms with Crippen LogP contribution >= 0.6 is 0 Å². The summed E-state index contributed by atoms with van der Waals surface area (Å²) < 4.78 is 27.4. The molecule has 0 N–H and O–H groups in total. The normalized spacial score (nSPS) is 13.9. The molecule has 0 aliphatic carbocycles. The minimum atomic E-state index is -0.520. The molecule has 36 heavy (non-hydrogen) atoms. The van der Waals surface area contributed by atoms with Crippen LogP contribution in [-0.4, -0.2) is 39.8 Å². The number of nitrogens with zero attached hydrogens (tertiary/aromatic N) is 1. The standard InChI is InChI=1S/C29H37NO6/c1-5-6-7-8-9-10-11-12-17-35-23-15-13-22(14-16-23)28-30-24(29(31)36-28)18-21-19-25(32-2)27(34-4)26(20-21)33-3/h13-16,18-20H,5-12,17H2,1-4H3/b24-18-. The zero-order chi connectivity index (χ0) is 25.8. The number of cyclic esters (lactones) is 1. The first-order valence-corrected chi connectivity index (χ1v) is 12.7. The molecule has 0 bridgehead atoms. The average Bonchev–Trinajstić information content (AvgIpc) is 3.27. The van der Waals surface area contributed by atoms with Gasteiger partial charge in [-0.3, -0.25) is 0 Å². The summed E-state index contributed by atoms with van der Waals surface area (Å²) in [6, 6.07) is 10.9. The SMILES string of the molecule is CCCCCCCCCCOc1ccc(C2=N/C(=C\c3cc(OC)c(OC)c(OC)c3)C(=O)O2)cc1. The Balaban J connectivity index is 1.57. The van der Waals surface area contributed by atoms with Crippen LogP contribution < -0.4 is 18.9 Å². The topological polar surface area (TPSA) is 75.6 Å². The lowest BCUT2D eigenvalue weighted by Crippen LogP contribution is -2.05. The summed E-state index contributed by atoms with van der Waals surface area (Å²) >= 11 is 0. The molecule has 1 aliphatic rings. The van der Waals surface area contributed by atoms with Gasteiger partial charge < -0.3 is 23.7 Å². The van der Waals surface area contributed by atoms with E-state index in [0.717, 1.165) is 12.2 Å². The van der Waals surface area contributed by atoms with Gasteiger partial charge in [-0.2, -0.15) is 0 Å². The van der Waals surface area contributed by atoms with Crippen molar-refractivity contribution in [2.75, 3.05) is 27.9 Å². The predicted molar refractivity (Wildman–Crippen MR) is 141 cm³/mol. The lowest BCUT2D eigenvalue weighted by Gasteiger charge is -2.12. The highest BCUT2D eigenvalue weighted by Crippen LogP contribution is 2.39. The molecule has 0 saturated carbocycles. The van der Waals surface area contributed by atoms with Crippen molar-refractivity contribution >= 4 is 17.9 Å². The van der Waals surface area contributed by atoms with E-state index in [9.17, 15) is 4.79 Å². The first-order valence-electron chi connectivity index (χ1n) is 12.7. The second-order valence-electron chi connectivity index (χ2n) is 8.64. The second-order valence-corrected chi connectivity index (χ2v) is 8.64. The van der Waals surface area contributed by atoms with Gasteiger partial charge in [0.25, 0.3) is 0 Å². The molecule has 2 aromatic rings. The van der Waals surface area contributed by atoms with E-state index in [1.54, 1.807) is 18.2 Å². The molecule has 0 aromatic heterocycles. The molecular weight excluding hydrogens is 458 g/mol. The molecular formula is C29H37NO6. The molecule has 0 saturated heterocycles. The fraction of sp³-hybridized carbons (Fsp3) is 0.448. The number of unbranched alkanes of at least 4 members (excludes halogenated alkanes) is 7. The minimum Gasteiger partial charge on any atom is -0.494 e. The van der Waals surface area contributed by atoms with Crippen LogP contribution in [0.4, 0.5) is 0 Å². The van der Waals surface area contributed by atoms with E-state index in [4.69, 9.17) is 23.7 Å². The van der Waals surface area contributed by atoms with E-state index in [-0.39, 0.29) is 11.6 Å². The number of benzene rings is 2. The molecule has 0 spiro atoms. The Morgan fingerprint density at radius 2 is 1.44 bits per heavy atom. The first kappa shape index (κ1) is 27.1. The zero-order valence-electron chi connectivity index (χ0n) is 21.8. The van der Waals surface area contributed by atoms with Crippen LogP contribution in [0.15, 0.2) is 47.1 Å². The van der Waals surface area contributed by atoms with Crippen molar-refractivity contribution in [3.8, 4) is 23.0 Å². The molecule has 2 aromatic carbocycles. The van der Waals surface area contributed by atoms with Crippen LogP contribution in [0.25, 0.3) is 6.08 Å². The van der Waals surface area contributed by atoms with E-state index in [0.29, 0.717) is 35.0 Å². The highest BCUT2D eigenvalue weighted by Gasteiger charge is 2.24. The first-order chi connectivity index (χ1) is 17.6. The van der Waals surface area contributed by atoms with Crippen LogP contribution in [0.3, 0.4) is 0 Å². The number of carbonyl (C=O) groups is 1. The average molecular weight is 496 g/mol. The van der Waals surface area contributed by atoms with E-state index in [1.165, 1.54) is 66.3 Å². The third-order valence-corrected chi connectivity index (χ3v) is 5.98. The number of methoxy groups -OCH3 is 3. The largest absolute Gasteiger partial charge is 0.494 e. The Kier molecular flexibility index (Phi) is 10.7. The molecule has 0 fully saturated rings. The molecule has 0 unspecified atom stereocenters. The van der Waals surface area contributed by atoms with Gasteiger partial charge in [0.05, 0.1) is 27.9 Å². The summed E-state index contributed by atoms with van der Waals surface area (Å²) in [6.07, 6.45) is 11.8. The minimum absolute atomic E-state index is 0.189. The summed E-state index contributed by atoms with van der Waals surface area (Å²) in [7, 11) is 4.62. The van der Waals surface area contributed by atoms with Crippen molar-refractivity contribution in [1.82, 2.24) is 0 Å². The summed E-state index contributed by atoms with van der Waals surface area (Å²) in [5.41, 5.74) is 1.57. The fourth-order valence-electron chi connectivity index (χ4n) is 3.99. The number of hydrogen-bond acceptors (Lipinski definition) is 7. The Morgan fingerprint density at radius 3 is 2.03 bits per heavy atom. The van der Waals surface area contributed by atoms with Crippen LogP contribution in [0, 0.1) is 0 Å². The van der Waals surface area contributed by atoms with Gasteiger partial charge >= 0.3 is 5.97 Å². The molecule has 1 aliphatic heterocycles. The molecule has 7 heteroatoms. The monoisotopic (exact) mass is 495 g/mol. The second kappa shape index (κ2) is 14.2. The third kappa shape index (κ3) is 7.51. The van der Waals surface area contributed by atoms with Crippen molar-refractivity contribution < 1.29 is 28.5 Å². The molecule has 0 radical (unpaired) electrons. The van der Waals surface area contributed by atoms with Crippen LogP contribution in [-0.2, 0) is 9.53 Å². The summed E-state index contributed by atoms with van der Waals surface area (Å²) in [5.74, 6) is 1.98. The van der Waals surface area contributed by atoms with Gasteiger partial charge in [-0.15, -0.1) is 0 Å². The zero-order valence-corrected chi connectivity index (χ0v) is 21.8. The van der Waals surface area contributed by atoms with Gasteiger partial charge in [0.1, 0.15) is 5.75 Å². The Morgan fingerprint density at radius 1 is 0.833 bits per heavy atom. The van der Waals surface area contributed by atoms with Gasteiger partial charge in [-0.05, 0) is 54.5 Å². The Hall–Kier alpha value is -3.48. The molecule has 7 nitrogen and oxygen atoms in total. The van der Waals surface area contributed by atoms with Crippen molar-refractivity contribution in [2.45, 2.75) is 58.3 Å². The highest BCUT2D eigenvalue weighted by molar-refractivity contribution is 6.12. The predicted octanol–water partition coefficient (Wildman–Crippen LogP) is 6.58. The summed E-state index contributed by atoms with van der Waals surface area (Å²) in [6.45, 7) is 2.94. The van der Waals surface area contributed by atoms with Crippen molar-refractivity contribution in [3.63, 3.8) is 0 Å². The third-order valence-electron chi connectivity index (χ3n) is 5.98. The van der Waals surface area contributed by atoms with E-state index in [1.807, 2.05) is 24.3 Å². The van der Waals surface area contributed by atoms with Crippen molar-refractivity contribution in [2.24, 2.45) is 4.99 Å². The Bertz CT molecular complexity index is 1030. The smallest absolute Gasteiger partial charge is 0.363 e. The number of esters is 1. The maximum Gasteiger partial charge on any atom is 0.363 e. The van der Waals surface area contributed by atoms with Crippen LogP contribution in [0.2, 0.25) is 0 Å². The van der Waals surface area contributed by atoms with Gasteiger partial charge in [0, 0.05) is 5.56 Å². The summed E-state index contributed by atoms with van der Waals surface area (Å²) in [5, 5.41) is 0. The van der Waals surface area contributed by atoms with Crippen molar-refractivity contribution in [1.29, 1.82) is 0 Å². The molecule has 0 atom stereocenters. The van der Waals surface area contributed by atoms with Gasteiger partial charge in [0.2, 0.25) is 11.6 Å². The van der Waals surface area contributed by atoms with E-state index >= 15 is 0 Å². The highest BCUT2D eigenvalue weighted by atomic mass is 16.6. The summed E-state index contributed by atoms with van der Waals surface area (Å²) in [4.78, 5) is 16.8. The quantitative estimate of drug-likeness (QED) is 0.158. The number of hydrogen-bond donors (Lipinski definition) is 0. The van der Waals surface area contributed by atoms with E-state index < -0.39 is 5.97 Å². The Labute approximate surface area is 214 Å². The van der Waals surface area contributed by atoms with Gasteiger partial charge in [-0.1, -0.05) is 51.9 Å². The lowest BCUT2D eigenvalue weighted by atomic mass is 10.1. The van der Waals surface area contributed by atoms with E-state index in [2.05, 4.69) is 11.9 Å². The molecule has 194 valence electrons. The van der Waals surface area contributed by atoms with Gasteiger partial charge in [-0.25, -0.2) is 9.79 Å². The van der Waals surface area contributed by atoms with Crippen LogP contribution in [0.5, 0.6) is 23.0 Å². The fourth-order valence-corrected chi connectivity index (χ4v) is 3.99. The maximum absolute atomic E-state index is 12.4. The lowest BCUT2D eigenvalue weighted by molar-refractivity contribution is -0.129. The molecule has 1 heterocycles. The van der Waals surface area contributed by atoms with Crippen molar-refractivity contribution in [3.05, 3.63) is 53.2 Å². The molecule has 3 rings (SSSR count). The van der Waals surface area contributed by atoms with Gasteiger partial charge in [0.15, 0.2) is 17.2 Å². The molecule has 0 amide bonds. The van der Waals surface area contributed by atoms with Crippen LogP contribution in [0.1, 0.15) is 69.4 Å². The number of carbonyl (C=O) groups excluding carboxylic acids is 1.